The highest BCUT2D eigenvalue weighted by molar-refractivity contribution is 8.03. The second kappa shape index (κ2) is 2.83. The van der Waals surface area contributed by atoms with Gasteiger partial charge < -0.3 is 0 Å². The van der Waals surface area contributed by atoms with Gasteiger partial charge in [-0.05, 0) is 12.8 Å². The summed E-state index contributed by atoms with van der Waals surface area (Å²) in [6.07, 6.45) is 1.60. The highest BCUT2D eigenvalue weighted by atomic mass is 32.2. The molecule has 2 nitrogen and oxygen atoms in total. The molecule has 0 aromatic rings. The van der Waals surface area contributed by atoms with Gasteiger partial charge in [-0.25, -0.2) is 8.42 Å². The summed E-state index contributed by atoms with van der Waals surface area (Å²) < 4.78 is 23.4. The van der Waals surface area contributed by atoms with Gasteiger partial charge in [-0.1, -0.05) is 33.5 Å². The van der Waals surface area contributed by atoms with Crippen LogP contribution in [-0.2, 0) is 9.84 Å². The topological polar surface area (TPSA) is 34.1 Å². The first-order chi connectivity index (χ1) is 5.75. The molecule has 0 unspecified atom stereocenters. The molecule has 0 aromatic heterocycles. The maximum absolute atomic E-state index is 11.9. The molecular formula is C9H20O2SSi. The molecule has 1 rings (SSSR count). The average molecular weight is 220 g/mol. The lowest BCUT2D eigenvalue weighted by molar-refractivity contribution is 0.608. The quantitative estimate of drug-likeness (QED) is 0.540. The molecule has 0 spiro atoms. The third kappa shape index (κ3) is 1.14. The van der Waals surface area contributed by atoms with Gasteiger partial charge in [-0.15, -0.1) is 0 Å². The zero-order valence-electron chi connectivity index (χ0n) is 9.22. The Balaban J connectivity index is 3.16. The predicted octanol–water partition coefficient (Wildman–Crippen LogP) is 2.22. The summed E-state index contributed by atoms with van der Waals surface area (Å²) in [6, 6.07) is 0. The van der Waals surface area contributed by atoms with Gasteiger partial charge >= 0.3 is 0 Å². The van der Waals surface area contributed by atoms with Crippen molar-refractivity contribution in [1.82, 2.24) is 0 Å². The molecule has 13 heavy (non-hydrogen) atoms. The largest absolute Gasteiger partial charge is 0.228 e. The summed E-state index contributed by atoms with van der Waals surface area (Å²) in [4.78, 5) is 0. The minimum absolute atomic E-state index is 0.0309. The monoisotopic (exact) mass is 220 g/mol. The molecule has 0 saturated carbocycles. The molecule has 0 aliphatic carbocycles. The summed E-state index contributed by atoms with van der Waals surface area (Å²) in [7, 11) is -4.34. The Morgan fingerprint density at radius 1 is 1.23 bits per heavy atom. The second-order valence-electron chi connectivity index (χ2n) is 4.93. The zero-order valence-corrected chi connectivity index (χ0v) is 11.0. The number of hydrogen-bond acceptors (Lipinski definition) is 2. The first-order valence-corrected chi connectivity index (χ1v) is 10.0. The molecule has 0 N–H and O–H groups in total. The van der Waals surface area contributed by atoms with Gasteiger partial charge in [0.25, 0.3) is 0 Å². The molecule has 1 saturated heterocycles. The molecule has 2 atom stereocenters. The third-order valence-corrected chi connectivity index (χ3v) is 12.5. The minimum Gasteiger partial charge on any atom is -0.228 e. The first-order valence-electron chi connectivity index (χ1n) is 4.99. The summed E-state index contributed by atoms with van der Waals surface area (Å²) >= 11 is 0. The molecule has 0 amide bonds. The van der Waals surface area contributed by atoms with Gasteiger partial charge in [-0.2, -0.15) is 0 Å². The van der Waals surface area contributed by atoms with E-state index in [1.165, 1.54) is 0 Å². The summed E-state index contributed by atoms with van der Waals surface area (Å²) in [5.41, 5.74) is 0. The molecule has 4 heteroatoms. The van der Waals surface area contributed by atoms with E-state index in [9.17, 15) is 8.42 Å². The second-order valence-corrected chi connectivity index (χ2v) is 13.1. The highest BCUT2D eigenvalue weighted by Gasteiger charge is 2.74. The Bertz CT molecular complexity index is 302. The molecular weight excluding hydrogens is 200 g/mol. The van der Waals surface area contributed by atoms with Crippen molar-refractivity contribution in [2.75, 3.05) is 0 Å². The number of hydrogen-bond donors (Lipinski definition) is 0. The van der Waals surface area contributed by atoms with Gasteiger partial charge in [0.15, 0.2) is 9.84 Å². The van der Waals surface area contributed by atoms with Gasteiger partial charge in [0.2, 0.25) is 0 Å². The average Bonchev–Trinajstić information content (AvgIpc) is 2.45. The van der Waals surface area contributed by atoms with Crippen LogP contribution in [0.25, 0.3) is 0 Å². The van der Waals surface area contributed by atoms with Crippen LogP contribution >= 0.6 is 0 Å². The third-order valence-electron chi connectivity index (χ3n) is 3.51. The van der Waals surface area contributed by atoms with Crippen molar-refractivity contribution >= 4 is 17.9 Å². The summed E-state index contributed by atoms with van der Waals surface area (Å²) in [5, 5.41) is -0.0309. The SMILES string of the molecule is CC[C@@H]1[C@](CC)([Si](C)(C)C)S1(=O)=O. The number of sulfone groups is 1. The first kappa shape index (κ1) is 11.2. The lowest BCUT2D eigenvalue weighted by Crippen LogP contribution is -2.44. The molecule has 1 heterocycles. The van der Waals surface area contributed by atoms with Crippen molar-refractivity contribution in [3.8, 4) is 0 Å². The lowest BCUT2D eigenvalue weighted by Gasteiger charge is -2.25. The molecule has 78 valence electrons. The molecule has 0 aromatic carbocycles. The van der Waals surface area contributed by atoms with Crippen molar-refractivity contribution in [2.45, 2.75) is 56.0 Å². The van der Waals surface area contributed by atoms with E-state index in [1.54, 1.807) is 0 Å². The lowest BCUT2D eigenvalue weighted by atomic mass is 10.2. The van der Waals surface area contributed by atoms with Crippen molar-refractivity contribution in [1.29, 1.82) is 0 Å². The van der Waals surface area contributed by atoms with Crippen LogP contribution in [0.4, 0.5) is 0 Å². The standard InChI is InChI=1S/C9H20O2SSi/c1-6-8-9(7-2,12(8,10)11)13(3,4)5/h8H,6-7H2,1-5H3/t8-,9+/m1/s1. The molecule has 1 fully saturated rings. The van der Waals surface area contributed by atoms with Gasteiger partial charge in [-0.3, -0.25) is 0 Å². The van der Waals surface area contributed by atoms with Crippen LogP contribution in [0.2, 0.25) is 19.6 Å². The zero-order chi connectivity index (χ0) is 10.5. The summed E-state index contributed by atoms with van der Waals surface area (Å²) in [5.74, 6) is 0. The highest BCUT2D eigenvalue weighted by Crippen LogP contribution is 2.55. The van der Waals surface area contributed by atoms with Gasteiger partial charge in [0.1, 0.15) is 0 Å². The van der Waals surface area contributed by atoms with E-state index >= 15 is 0 Å². The number of rotatable bonds is 3. The fourth-order valence-electron chi connectivity index (χ4n) is 2.86. The molecule has 1 aliphatic heterocycles. The maximum Gasteiger partial charge on any atom is 0.158 e. The predicted molar refractivity (Wildman–Crippen MR) is 59.4 cm³/mol. The van der Waals surface area contributed by atoms with E-state index in [2.05, 4.69) is 19.6 Å². The summed E-state index contributed by atoms with van der Waals surface area (Å²) in [6.45, 7) is 10.5. The molecule has 0 bridgehead atoms. The Hall–Kier alpha value is 0.167. The van der Waals surface area contributed by atoms with E-state index in [4.69, 9.17) is 0 Å². The van der Waals surface area contributed by atoms with E-state index in [-0.39, 0.29) is 9.62 Å². The van der Waals surface area contributed by atoms with Crippen LogP contribution in [0.5, 0.6) is 0 Å². The van der Waals surface area contributed by atoms with E-state index in [0.717, 1.165) is 12.8 Å². The van der Waals surface area contributed by atoms with Gasteiger partial charge in [0, 0.05) is 0 Å². The minimum atomic E-state index is -2.76. The normalized spacial score (nSPS) is 37.5. The van der Waals surface area contributed by atoms with Crippen LogP contribution < -0.4 is 0 Å². The molecule has 0 radical (unpaired) electrons. The maximum atomic E-state index is 11.9. The van der Waals surface area contributed by atoms with E-state index < -0.39 is 17.9 Å². The fraction of sp³-hybridized carbons (Fsp3) is 1.00. The van der Waals surface area contributed by atoms with Crippen LogP contribution in [0.3, 0.4) is 0 Å². The van der Waals surface area contributed by atoms with Crippen LogP contribution in [0.1, 0.15) is 26.7 Å². The van der Waals surface area contributed by atoms with E-state index in [1.807, 2.05) is 13.8 Å². The van der Waals surface area contributed by atoms with E-state index in [0.29, 0.717) is 0 Å². The fourth-order valence-corrected chi connectivity index (χ4v) is 12.6. The van der Waals surface area contributed by atoms with Crippen LogP contribution in [0, 0.1) is 0 Å². The Morgan fingerprint density at radius 2 is 1.69 bits per heavy atom. The van der Waals surface area contributed by atoms with Crippen LogP contribution in [0.15, 0.2) is 0 Å². The van der Waals surface area contributed by atoms with Crippen molar-refractivity contribution in [3.05, 3.63) is 0 Å². The van der Waals surface area contributed by atoms with Crippen molar-refractivity contribution in [3.63, 3.8) is 0 Å². The Kier molecular flexibility index (Phi) is 2.44. The molecule has 1 aliphatic rings. The smallest absolute Gasteiger partial charge is 0.158 e. The van der Waals surface area contributed by atoms with Gasteiger partial charge in [0.05, 0.1) is 17.7 Å². The van der Waals surface area contributed by atoms with Crippen LogP contribution in [-0.4, -0.2) is 26.1 Å². The Morgan fingerprint density at radius 3 is 1.77 bits per heavy atom. The van der Waals surface area contributed by atoms with Crippen molar-refractivity contribution < 1.29 is 8.42 Å². The van der Waals surface area contributed by atoms with Crippen molar-refractivity contribution in [2.24, 2.45) is 0 Å². The Labute approximate surface area is 82.7 Å².